The number of carbonyl (C=O) groups is 1. The molecule has 5 nitrogen and oxygen atoms in total. The number of nitrogens with zero attached hydrogens (tertiary/aromatic N) is 3. The van der Waals surface area contributed by atoms with Gasteiger partial charge in [-0.1, -0.05) is 6.58 Å². The molecule has 1 saturated heterocycles. The van der Waals surface area contributed by atoms with Gasteiger partial charge in [-0.15, -0.1) is 0 Å². The van der Waals surface area contributed by atoms with Gasteiger partial charge in [-0.05, 0) is 42.5 Å². The van der Waals surface area contributed by atoms with Crippen LogP contribution >= 0.6 is 0 Å². The fourth-order valence-corrected chi connectivity index (χ4v) is 3.38. The second kappa shape index (κ2) is 8.34. The van der Waals surface area contributed by atoms with Crippen LogP contribution < -0.4 is 5.73 Å². The van der Waals surface area contributed by atoms with E-state index in [-0.39, 0.29) is 31.2 Å². The van der Waals surface area contributed by atoms with Gasteiger partial charge in [0.1, 0.15) is 5.82 Å². The number of hydrogen-bond acceptors (Lipinski definition) is 4. The van der Waals surface area contributed by atoms with Gasteiger partial charge >= 0.3 is 0 Å². The van der Waals surface area contributed by atoms with Crippen molar-refractivity contribution in [2.24, 2.45) is 10.7 Å². The van der Waals surface area contributed by atoms with Crippen LogP contribution in [0.3, 0.4) is 0 Å². The number of carbonyl (C=O) groups excluding carboxylic acids is 1. The van der Waals surface area contributed by atoms with Crippen molar-refractivity contribution < 1.29 is 13.6 Å². The molecule has 7 heteroatoms. The summed E-state index contributed by atoms with van der Waals surface area (Å²) < 4.78 is 29.1. The predicted octanol–water partition coefficient (Wildman–Crippen LogP) is 3.47. The lowest BCUT2D eigenvalue weighted by Crippen LogP contribution is -2.31. The van der Waals surface area contributed by atoms with Crippen LogP contribution in [0, 0.1) is 5.82 Å². The molecule has 0 spiro atoms. The molecule has 29 heavy (non-hydrogen) atoms. The highest BCUT2D eigenvalue weighted by atomic mass is 19.1. The van der Waals surface area contributed by atoms with E-state index in [9.17, 15) is 9.18 Å². The molecular formula is C22H22F2N4O. The number of aromatic nitrogens is 1. The van der Waals surface area contributed by atoms with Crippen LogP contribution in [-0.4, -0.2) is 42.1 Å². The van der Waals surface area contributed by atoms with Gasteiger partial charge in [-0.3, -0.25) is 14.8 Å². The van der Waals surface area contributed by atoms with Gasteiger partial charge in [0.2, 0.25) is 5.91 Å². The molecular weight excluding hydrogens is 374 g/mol. The number of nitrogens with two attached hydrogens (primary N) is 1. The molecule has 3 rings (SSSR count). The molecule has 2 N–H and O–H groups in total. The van der Waals surface area contributed by atoms with E-state index in [2.05, 4.69) is 16.6 Å². The highest BCUT2D eigenvalue weighted by Gasteiger charge is 2.43. The van der Waals surface area contributed by atoms with Gasteiger partial charge in [-0.2, -0.15) is 0 Å². The molecule has 0 aliphatic carbocycles. The summed E-state index contributed by atoms with van der Waals surface area (Å²) in [5, 5.41) is 0. The summed E-state index contributed by atoms with van der Waals surface area (Å²) in [4.78, 5) is 21.6. The first-order valence-electron chi connectivity index (χ1n) is 9.13. The largest absolute Gasteiger partial charge is 0.398 e. The first-order valence-corrected chi connectivity index (χ1v) is 9.13. The maximum absolute atomic E-state index is 15.9. The highest BCUT2D eigenvalue weighted by Crippen LogP contribution is 2.40. The molecule has 1 atom stereocenters. The number of halogens is 2. The fourth-order valence-electron chi connectivity index (χ4n) is 3.38. The molecule has 1 amide bonds. The van der Waals surface area contributed by atoms with E-state index >= 15 is 4.39 Å². The number of likely N-dealkylation sites (tertiary alicyclic amines) is 1. The van der Waals surface area contributed by atoms with Crippen molar-refractivity contribution in [2.45, 2.75) is 12.1 Å². The van der Waals surface area contributed by atoms with E-state index in [1.807, 2.05) is 0 Å². The SMILES string of the molecule is C=CC(=O)N1CCC(F)(c2cnc(-c3ccc(F)cc3)cc2/C(N)=C/C=NC)C1. The first-order chi connectivity index (χ1) is 13.9. The lowest BCUT2D eigenvalue weighted by Gasteiger charge is -2.24. The minimum Gasteiger partial charge on any atom is -0.398 e. The Bertz CT molecular complexity index is 985. The zero-order chi connectivity index (χ0) is 21.0. The molecule has 1 unspecified atom stereocenters. The zero-order valence-electron chi connectivity index (χ0n) is 16.1. The molecule has 150 valence electrons. The third kappa shape index (κ3) is 4.23. The van der Waals surface area contributed by atoms with Crippen molar-refractivity contribution in [3.8, 4) is 11.3 Å². The Morgan fingerprint density at radius 2 is 2.10 bits per heavy atom. The Morgan fingerprint density at radius 1 is 1.38 bits per heavy atom. The number of pyridine rings is 1. The van der Waals surface area contributed by atoms with E-state index in [1.165, 1.54) is 35.5 Å². The lowest BCUT2D eigenvalue weighted by molar-refractivity contribution is -0.125. The van der Waals surface area contributed by atoms with Gasteiger partial charge in [0.15, 0.2) is 5.67 Å². The molecule has 0 radical (unpaired) electrons. The predicted molar refractivity (Wildman–Crippen MR) is 110 cm³/mol. The van der Waals surface area contributed by atoms with Crippen molar-refractivity contribution in [3.05, 3.63) is 72.2 Å². The molecule has 2 heterocycles. The van der Waals surface area contributed by atoms with Crippen LogP contribution in [0.15, 0.2) is 60.3 Å². The van der Waals surface area contributed by atoms with Gasteiger partial charge in [0.05, 0.1) is 12.2 Å². The molecule has 1 aromatic carbocycles. The van der Waals surface area contributed by atoms with Gasteiger partial charge in [0, 0.05) is 54.8 Å². The topological polar surface area (TPSA) is 71.6 Å². The maximum atomic E-state index is 15.9. The molecule has 1 aromatic heterocycles. The van der Waals surface area contributed by atoms with Crippen molar-refractivity contribution in [1.29, 1.82) is 0 Å². The normalized spacial score (nSPS) is 19.7. The molecule has 2 aromatic rings. The monoisotopic (exact) mass is 396 g/mol. The zero-order valence-corrected chi connectivity index (χ0v) is 16.1. The summed E-state index contributed by atoms with van der Waals surface area (Å²) in [6, 6.07) is 7.54. The third-order valence-corrected chi connectivity index (χ3v) is 4.95. The van der Waals surface area contributed by atoms with Crippen molar-refractivity contribution >= 4 is 17.8 Å². The molecule has 0 bridgehead atoms. The number of aliphatic imine (C=N–C) groups is 1. The number of benzene rings is 1. The quantitative estimate of drug-likeness (QED) is 0.621. The Kier molecular flexibility index (Phi) is 5.87. The van der Waals surface area contributed by atoms with Crippen LogP contribution in [0.25, 0.3) is 17.0 Å². The summed E-state index contributed by atoms with van der Waals surface area (Å²) in [7, 11) is 1.60. The van der Waals surface area contributed by atoms with Gasteiger partial charge in [0.25, 0.3) is 0 Å². The molecule has 1 fully saturated rings. The van der Waals surface area contributed by atoms with Crippen LogP contribution in [0.2, 0.25) is 0 Å². The number of alkyl halides is 1. The molecule has 0 saturated carbocycles. The standard InChI is InChI=1S/C22H22F2N4O/c1-3-21(29)28-11-9-22(24,14-28)18-13-27-20(15-4-6-16(23)7-5-15)12-17(18)19(25)8-10-26-2/h3-8,10,12-13H,1,9,11,14,25H2,2H3/b19-8-,26-10?. The minimum absolute atomic E-state index is 0.0996. The van der Waals surface area contributed by atoms with E-state index < -0.39 is 5.67 Å². The summed E-state index contributed by atoms with van der Waals surface area (Å²) >= 11 is 0. The second-order valence-corrected chi connectivity index (χ2v) is 6.83. The highest BCUT2D eigenvalue weighted by molar-refractivity contribution is 5.88. The number of amides is 1. The average molecular weight is 396 g/mol. The first kappa shape index (κ1) is 20.4. The van der Waals surface area contributed by atoms with Gasteiger partial charge < -0.3 is 10.6 Å². The van der Waals surface area contributed by atoms with Gasteiger partial charge in [-0.25, -0.2) is 8.78 Å². The van der Waals surface area contributed by atoms with Crippen molar-refractivity contribution in [2.75, 3.05) is 20.1 Å². The van der Waals surface area contributed by atoms with E-state index in [0.717, 1.165) is 0 Å². The molecule has 1 aliphatic heterocycles. The summed E-state index contributed by atoms with van der Waals surface area (Å²) in [6.07, 6.45) is 5.85. The van der Waals surface area contributed by atoms with E-state index in [4.69, 9.17) is 5.73 Å². The lowest BCUT2D eigenvalue weighted by atomic mass is 9.90. The summed E-state index contributed by atoms with van der Waals surface area (Å²) in [5.41, 5.74) is 6.74. The van der Waals surface area contributed by atoms with Crippen LogP contribution in [0.5, 0.6) is 0 Å². The Labute approximate surface area is 168 Å². The van der Waals surface area contributed by atoms with E-state index in [1.54, 1.807) is 31.3 Å². The van der Waals surface area contributed by atoms with E-state index in [0.29, 0.717) is 28.1 Å². The third-order valence-electron chi connectivity index (χ3n) is 4.95. The van der Waals surface area contributed by atoms with Crippen LogP contribution in [0.1, 0.15) is 17.5 Å². The Morgan fingerprint density at radius 3 is 2.76 bits per heavy atom. The smallest absolute Gasteiger partial charge is 0.246 e. The van der Waals surface area contributed by atoms with Crippen LogP contribution in [-0.2, 0) is 10.5 Å². The maximum Gasteiger partial charge on any atom is 0.246 e. The summed E-state index contributed by atoms with van der Waals surface area (Å²) in [6.45, 7) is 3.64. The van der Waals surface area contributed by atoms with Crippen molar-refractivity contribution in [3.63, 3.8) is 0 Å². The number of rotatable bonds is 5. The molecule has 1 aliphatic rings. The average Bonchev–Trinajstić information content (AvgIpc) is 3.14. The number of hydrogen-bond donors (Lipinski definition) is 1. The summed E-state index contributed by atoms with van der Waals surface area (Å²) in [5.74, 6) is -0.673. The Balaban J connectivity index is 2.08. The minimum atomic E-state index is -1.79. The Hall–Kier alpha value is -3.35. The fraction of sp³-hybridized carbons (Fsp3) is 0.227. The van der Waals surface area contributed by atoms with Crippen LogP contribution in [0.4, 0.5) is 8.78 Å². The second-order valence-electron chi connectivity index (χ2n) is 6.83. The number of allylic oxidation sites excluding steroid dienone is 1. The van der Waals surface area contributed by atoms with Crippen molar-refractivity contribution in [1.82, 2.24) is 9.88 Å².